The zero-order chi connectivity index (χ0) is 15.0. The van der Waals surface area contributed by atoms with Crippen LogP contribution in [0.5, 0.6) is 0 Å². The summed E-state index contributed by atoms with van der Waals surface area (Å²) in [5, 5.41) is 2.61. The van der Waals surface area contributed by atoms with E-state index in [0.717, 1.165) is 45.3 Å². The molecule has 2 aliphatic rings. The van der Waals surface area contributed by atoms with Gasteiger partial charge in [0.2, 0.25) is 11.8 Å². The van der Waals surface area contributed by atoms with Gasteiger partial charge in [-0.2, -0.15) is 0 Å². The number of amides is 2. The molecule has 1 aliphatic heterocycles. The van der Waals surface area contributed by atoms with Crippen LogP contribution >= 0.6 is 0 Å². The molecule has 0 aromatic heterocycles. The lowest BCUT2D eigenvalue weighted by atomic mass is 9.60. The zero-order valence-electron chi connectivity index (χ0n) is 13.3. The van der Waals surface area contributed by atoms with Gasteiger partial charge in [0.25, 0.3) is 0 Å². The smallest absolute Gasteiger partial charge is 0.233 e. The van der Waals surface area contributed by atoms with Crippen molar-refractivity contribution < 1.29 is 9.59 Å². The molecule has 1 N–H and O–H groups in total. The maximum absolute atomic E-state index is 12.5. The van der Waals surface area contributed by atoms with Gasteiger partial charge in [-0.25, -0.2) is 0 Å². The summed E-state index contributed by atoms with van der Waals surface area (Å²) in [5.74, 6) is -0.0775. The Bertz CT molecular complexity index is 401. The second-order valence-corrected chi connectivity index (χ2v) is 6.84. The molecule has 1 saturated carbocycles. The van der Waals surface area contributed by atoms with Gasteiger partial charge in [-0.1, -0.05) is 27.7 Å². The molecule has 20 heavy (non-hydrogen) atoms. The van der Waals surface area contributed by atoms with Crippen LogP contribution in [-0.4, -0.2) is 36.3 Å². The molecule has 2 rings (SSSR count). The van der Waals surface area contributed by atoms with Gasteiger partial charge in [0.05, 0.1) is 5.41 Å². The molecule has 4 heteroatoms. The highest BCUT2D eigenvalue weighted by Crippen LogP contribution is 2.60. The SMILES string of the molecule is CCN(CC)CCCC12CCC(C(=O)NC1=O)C2(C)C. The van der Waals surface area contributed by atoms with E-state index in [1.807, 2.05) is 0 Å². The third-order valence-corrected chi connectivity index (χ3v) is 5.92. The van der Waals surface area contributed by atoms with Gasteiger partial charge in [0.15, 0.2) is 0 Å². The minimum Gasteiger partial charge on any atom is -0.304 e. The first kappa shape index (κ1) is 15.5. The molecule has 2 fully saturated rings. The van der Waals surface area contributed by atoms with E-state index >= 15 is 0 Å². The van der Waals surface area contributed by atoms with E-state index in [-0.39, 0.29) is 28.6 Å². The van der Waals surface area contributed by atoms with Crippen LogP contribution in [0.4, 0.5) is 0 Å². The first-order valence-electron chi connectivity index (χ1n) is 7.96. The minimum atomic E-state index is -0.335. The largest absolute Gasteiger partial charge is 0.304 e. The number of hydrogen-bond acceptors (Lipinski definition) is 3. The third kappa shape index (κ3) is 2.18. The van der Waals surface area contributed by atoms with E-state index in [0.29, 0.717) is 0 Å². The summed E-state index contributed by atoms with van der Waals surface area (Å²) in [6.45, 7) is 11.7. The number of nitrogens with zero attached hydrogens (tertiary/aromatic N) is 1. The van der Waals surface area contributed by atoms with E-state index in [4.69, 9.17) is 0 Å². The monoisotopic (exact) mass is 280 g/mol. The molecule has 1 aliphatic carbocycles. The minimum absolute atomic E-state index is 0.00801. The number of fused-ring (bicyclic) bond motifs is 2. The van der Waals surface area contributed by atoms with Gasteiger partial charge >= 0.3 is 0 Å². The van der Waals surface area contributed by atoms with Crippen molar-refractivity contribution in [1.82, 2.24) is 10.2 Å². The first-order valence-corrected chi connectivity index (χ1v) is 7.96. The summed E-state index contributed by atoms with van der Waals surface area (Å²) in [7, 11) is 0. The summed E-state index contributed by atoms with van der Waals surface area (Å²) in [6.07, 6.45) is 3.64. The average Bonchev–Trinajstić information content (AvgIpc) is 2.58. The summed E-state index contributed by atoms with van der Waals surface area (Å²) in [6, 6.07) is 0. The van der Waals surface area contributed by atoms with Crippen molar-refractivity contribution in [2.45, 2.75) is 53.4 Å². The van der Waals surface area contributed by atoms with Gasteiger partial charge < -0.3 is 4.90 Å². The molecule has 2 amide bonds. The predicted molar refractivity (Wildman–Crippen MR) is 79.1 cm³/mol. The maximum atomic E-state index is 12.5. The van der Waals surface area contributed by atoms with Crippen LogP contribution in [0.25, 0.3) is 0 Å². The van der Waals surface area contributed by atoms with Crippen LogP contribution < -0.4 is 5.32 Å². The van der Waals surface area contributed by atoms with Crippen molar-refractivity contribution in [2.24, 2.45) is 16.7 Å². The van der Waals surface area contributed by atoms with Gasteiger partial charge in [0.1, 0.15) is 0 Å². The van der Waals surface area contributed by atoms with E-state index < -0.39 is 0 Å². The predicted octanol–water partition coefficient (Wildman–Crippen LogP) is 2.19. The Kier molecular flexibility index (Phi) is 4.24. The molecule has 114 valence electrons. The Labute approximate surface area is 122 Å². The topological polar surface area (TPSA) is 49.4 Å². The molecule has 0 aromatic rings. The van der Waals surface area contributed by atoms with E-state index in [1.165, 1.54) is 0 Å². The molecule has 0 radical (unpaired) electrons. The summed E-state index contributed by atoms with van der Waals surface area (Å²) in [5.41, 5.74) is -0.533. The normalized spacial score (nSPS) is 31.8. The van der Waals surface area contributed by atoms with Crippen molar-refractivity contribution in [3.63, 3.8) is 0 Å². The molecule has 2 atom stereocenters. The first-order chi connectivity index (χ1) is 9.39. The lowest BCUT2D eigenvalue weighted by Crippen LogP contribution is -2.58. The number of nitrogens with one attached hydrogen (secondary N) is 1. The highest BCUT2D eigenvalue weighted by Gasteiger charge is 2.63. The van der Waals surface area contributed by atoms with Crippen LogP contribution in [0.1, 0.15) is 53.4 Å². The maximum Gasteiger partial charge on any atom is 0.233 e. The lowest BCUT2D eigenvalue weighted by Gasteiger charge is -2.46. The van der Waals surface area contributed by atoms with Gasteiger partial charge in [-0.15, -0.1) is 0 Å². The Hall–Kier alpha value is -0.900. The summed E-state index contributed by atoms with van der Waals surface area (Å²) < 4.78 is 0. The quantitative estimate of drug-likeness (QED) is 0.759. The van der Waals surface area contributed by atoms with Crippen molar-refractivity contribution in [2.75, 3.05) is 19.6 Å². The molecule has 1 heterocycles. The number of imide groups is 1. The van der Waals surface area contributed by atoms with Gasteiger partial charge in [-0.05, 0) is 50.7 Å². The highest BCUT2D eigenvalue weighted by atomic mass is 16.2. The van der Waals surface area contributed by atoms with Gasteiger partial charge in [0, 0.05) is 5.92 Å². The van der Waals surface area contributed by atoms with Crippen LogP contribution in [0.2, 0.25) is 0 Å². The van der Waals surface area contributed by atoms with Crippen LogP contribution in [0, 0.1) is 16.7 Å². The summed E-state index contributed by atoms with van der Waals surface area (Å²) >= 11 is 0. The molecule has 2 bridgehead atoms. The van der Waals surface area contributed by atoms with E-state index in [2.05, 4.69) is 37.9 Å². The van der Waals surface area contributed by atoms with Crippen molar-refractivity contribution in [1.29, 1.82) is 0 Å². The zero-order valence-corrected chi connectivity index (χ0v) is 13.3. The number of carbonyl (C=O) groups is 2. The fourth-order valence-electron chi connectivity index (χ4n) is 4.30. The molecule has 0 spiro atoms. The van der Waals surface area contributed by atoms with Crippen molar-refractivity contribution >= 4 is 11.8 Å². The standard InChI is InChI=1S/C16H28N2O2/c1-5-18(6-2)11-7-9-16-10-8-12(15(16,3)4)13(19)17-14(16)20/h12H,5-11H2,1-4H3,(H,17,19,20). The molecule has 4 nitrogen and oxygen atoms in total. The molecule has 1 saturated heterocycles. The average molecular weight is 280 g/mol. The number of hydrogen-bond donors (Lipinski definition) is 1. The number of piperidine rings is 1. The second kappa shape index (κ2) is 5.47. The third-order valence-electron chi connectivity index (χ3n) is 5.92. The Morgan fingerprint density at radius 2 is 1.90 bits per heavy atom. The Morgan fingerprint density at radius 1 is 1.25 bits per heavy atom. The Morgan fingerprint density at radius 3 is 2.50 bits per heavy atom. The van der Waals surface area contributed by atoms with Crippen LogP contribution in [0.3, 0.4) is 0 Å². The highest BCUT2D eigenvalue weighted by molar-refractivity contribution is 6.03. The fourth-order valence-corrected chi connectivity index (χ4v) is 4.30. The summed E-state index contributed by atoms with van der Waals surface area (Å²) in [4.78, 5) is 26.8. The molecule has 0 aromatic carbocycles. The van der Waals surface area contributed by atoms with E-state index in [9.17, 15) is 9.59 Å². The van der Waals surface area contributed by atoms with Gasteiger partial charge in [-0.3, -0.25) is 14.9 Å². The van der Waals surface area contributed by atoms with E-state index in [1.54, 1.807) is 0 Å². The lowest BCUT2D eigenvalue weighted by molar-refractivity contribution is -0.152. The number of rotatable bonds is 6. The second-order valence-electron chi connectivity index (χ2n) is 6.84. The van der Waals surface area contributed by atoms with Crippen LogP contribution in [-0.2, 0) is 9.59 Å². The van der Waals surface area contributed by atoms with Crippen molar-refractivity contribution in [3.05, 3.63) is 0 Å². The molecular formula is C16H28N2O2. The molecule has 2 unspecified atom stereocenters. The molecular weight excluding hydrogens is 252 g/mol. The van der Waals surface area contributed by atoms with Crippen molar-refractivity contribution in [3.8, 4) is 0 Å². The van der Waals surface area contributed by atoms with Crippen LogP contribution in [0.15, 0.2) is 0 Å². The fraction of sp³-hybridized carbons (Fsp3) is 0.875. The Balaban J connectivity index is 2.08. The number of carbonyl (C=O) groups excluding carboxylic acids is 2.